The Morgan fingerprint density at radius 3 is 2.79 bits per heavy atom. The first-order chi connectivity index (χ1) is 9.06. The maximum atomic E-state index is 10.6. The fourth-order valence-electron chi connectivity index (χ4n) is 2.47. The second kappa shape index (κ2) is 5.86. The van der Waals surface area contributed by atoms with Gasteiger partial charge in [-0.2, -0.15) is 0 Å². The zero-order valence-corrected chi connectivity index (χ0v) is 11.4. The predicted octanol–water partition coefficient (Wildman–Crippen LogP) is 1.66. The van der Waals surface area contributed by atoms with Crippen LogP contribution in [0.4, 0.5) is 11.6 Å². The number of carbonyl (C=O) groups is 1. The highest BCUT2D eigenvalue weighted by atomic mass is 16.4. The average Bonchev–Trinajstić information content (AvgIpc) is 2.88. The normalized spacial score (nSPS) is 15.5. The summed E-state index contributed by atoms with van der Waals surface area (Å²) in [6.07, 6.45) is 4.92. The fourth-order valence-corrected chi connectivity index (χ4v) is 2.47. The Morgan fingerprint density at radius 1 is 1.47 bits per heavy atom. The van der Waals surface area contributed by atoms with Crippen LogP contribution in [0.25, 0.3) is 0 Å². The maximum Gasteiger partial charge on any atom is 0.322 e. The number of nitrogens with one attached hydrogen (secondary N) is 1. The molecule has 0 radical (unpaired) electrons. The highest BCUT2D eigenvalue weighted by Crippen LogP contribution is 2.26. The van der Waals surface area contributed by atoms with Crippen LogP contribution in [-0.4, -0.2) is 40.7 Å². The third-order valence-corrected chi connectivity index (χ3v) is 3.48. The minimum Gasteiger partial charge on any atom is -0.480 e. The maximum absolute atomic E-state index is 10.6. The number of carboxylic acids is 1. The standard InChI is InChI=1S/C13H20N4O2/c1-9-15-11(14-8-13(18)19)7-12(16-9)17(2)10-5-3-4-6-10/h7,10H,3-6,8H2,1-2H3,(H,18,19)(H,14,15,16). The number of anilines is 2. The summed E-state index contributed by atoms with van der Waals surface area (Å²) in [7, 11) is 2.04. The quantitative estimate of drug-likeness (QED) is 0.842. The summed E-state index contributed by atoms with van der Waals surface area (Å²) in [4.78, 5) is 21.4. The summed E-state index contributed by atoms with van der Waals surface area (Å²) in [6, 6.07) is 2.34. The second-order valence-electron chi connectivity index (χ2n) is 4.96. The SMILES string of the molecule is Cc1nc(NCC(=O)O)cc(N(C)C2CCCC2)n1. The molecule has 1 aromatic heterocycles. The van der Waals surface area contributed by atoms with E-state index in [0.29, 0.717) is 17.7 Å². The van der Waals surface area contributed by atoms with Crippen LogP contribution in [0.3, 0.4) is 0 Å². The van der Waals surface area contributed by atoms with E-state index in [1.54, 1.807) is 0 Å². The van der Waals surface area contributed by atoms with Gasteiger partial charge in [0.1, 0.15) is 24.0 Å². The zero-order chi connectivity index (χ0) is 13.8. The highest BCUT2D eigenvalue weighted by molar-refractivity contribution is 5.72. The van der Waals surface area contributed by atoms with Crippen LogP contribution in [0.5, 0.6) is 0 Å². The topological polar surface area (TPSA) is 78.3 Å². The number of aromatic nitrogens is 2. The van der Waals surface area contributed by atoms with Crippen LogP contribution >= 0.6 is 0 Å². The van der Waals surface area contributed by atoms with Gasteiger partial charge in [0.2, 0.25) is 0 Å². The van der Waals surface area contributed by atoms with E-state index in [2.05, 4.69) is 20.2 Å². The number of nitrogens with zero attached hydrogens (tertiary/aromatic N) is 3. The molecule has 104 valence electrons. The molecule has 1 saturated carbocycles. The van der Waals surface area contributed by atoms with Gasteiger partial charge in [-0.1, -0.05) is 12.8 Å². The molecule has 0 saturated heterocycles. The number of carboxylic acid groups (broad SMARTS) is 1. The molecule has 1 aromatic rings. The lowest BCUT2D eigenvalue weighted by molar-refractivity contribution is -0.134. The number of aliphatic carboxylic acids is 1. The molecule has 1 fully saturated rings. The van der Waals surface area contributed by atoms with E-state index >= 15 is 0 Å². The molecule has 0 aromatic carbocycles. The third kappa shape index (κ3) is 3.56. The summed E-state index contributed by atoms with van der Waals surface area (Å²) < 4.78 is 0. The van der Waals surface area contributed by atoms with Crippen LogP contribution in [-0.2, 0) is 4.79 Å². The molecule has 0 amide bonds. The van der Waals surface area contributed by atoms with Crippen molar-refractivity contribution in [3.8, 4) is 0 Å². The molecule has 6 nitrogen and oxygen atoms in total. The van der Waals surface area contributed by atoms with Crippen molar-refractivity contribution in [2.45, 2.75) is 38.6 Å². The second-order valence-corrected chi connectivity index (χ2v) is 4.96. The Bertz CT molecular complexity index is 458. The number of hydrogen-bond donors (Lipinski definition) is 2. The van der Waals surface area contributed by atoms with Gasteiger partial charge in [0.15, 0.2) is 0 Å². The van der Waals surface area contributed by atoms with Gasteiger partial charge in [0, 0.05) is 19.2 Å². The Balaban J connectivity index is 2.13. The van der Waals surface area contributed by atoms with Crippen molar-refractivity contribution in [1.82, 2.24) is 9.97 Å². The Hall–Kier alpha value is -1.85. The van der Waals surface area contributed by atoms with Crippen molar-refractivity contribution in [2.75, 3.05) is 23.8 Å². The van der Waals surface area contributed by atoms with Gasteiger partial charge < -0.3 is 15.3 Å². The highest BCUT2D eigenvalue weighted by Gasteiger charge is 2.21. The number of aryl methyl sites for hydroxylation is 1. The summed E-state index contributed by atoms with van der Waals surface area (Å²) in [5.74, 6) is 1.17. The average molecular weight is 264 g/mol. The van der Waals surface area contributed by atoms with Gasteiger partial charge in [-0.3, -0.25) is 4.79 Å². The molecule has 0 atom stereocenters. The van der Waals surface area contributed by atoms with Crippen molar-refractivity contribution in [2.24, 2.45) is 0 Å². The molecular formula is C13H20N4O2. The van der Waals surface area contributed by atoms with Gasteiger partial charge in [-0.25, -0.2) is 9.97 Å². The van der Waals surface area contributed by atoms with E-state index in [9.17, 15) is 4.79 Å². The number of rotatable bonds is 5. The molecule has 19 heavy (non-hydrogen) atoms. The molecule has 1 aliphatic rings. The van der Waals surface area contributed by atoms with Crippen molar-refractivity contribution in [3.63, 3.8) is 0 Å². The van der Waals surface area contributed by atoms with E-state index in [1.807, 2.05) is 20.0 Å². The van der Waals surface area contributed by atoms with Gasteiger partial charge in [-0.05, 0) is 19.8 Å². The van der Waals surface area contributed by atoms with Crippen LogP contribution in [0.1, 0.15) is 31.5 Å². The van der Waals surface area contributed by atoms with Gasteiger partial charge >= 0.3 is 5.97 Å². The lowest BCUT2D eigenvalue weighted by atomic mass is 10.2. The van der Waals surface area contributed by atoms with E-state index < -0.39 is 5.97 Å². The Morgan fingerprint density at radius 2 is 2.16 bits per heavy atom. The first-order valence-electron chi connectivity index (χ1n) is 6.60. The van der Waals surface area contributed by atoms with Crippen molar-refractivity contribution in [3.05, 3.63) is 11.9 Å². The number of hydrogen-bond acceptors (Lipinski definition) is 5. The van der Waals surface area contributed by atoms with Gasteiger partial charge in [0.25, 0.3) is 0 Å². The van der Waals surface area contributed by atoms with Crippen molar-refractivity contribution in [1.29, 1.82) is 0 Å². The molecular weight excluding hydrogens is 244 g/mol. The summed E-state index contributed by atoms with van der Waals surface area (Å²) in [6.45, 7) is 1.68. The van der Waals surface area contributed by atoms with E-state index in [0.717, 1.165) is 5.82 Å². The molecule has 1 heterocycles. The molecule has 0 spiro atoms. The lowest BCUT2D eigenvalue weighted by Gasteiger charge is -2.25. The minimum absolute atomic E-state index is 0.136. The summed E-state index contributed by atoms with van der Waals surface area (Å²) >= 11 is 0. The van der Waals surface area contributed by atoms with Crippen LogP contribution in [0.2, 0.25) is 0 Å². The van der Waals surface area contributed by atoms with Crippen LogP contribution in [0.15, 0.2) is 6.07 Å². The largest absolute Gasteiger partial charge is 0.480 e. The van der Waals surface area contributed by atoms with Gasteiger partial charge in [0.05, 0.1) is 0 Å². The van der Waals surface area contributed by atoms with E-state index in [4.69, 9.17) is 5.11 Å². The first-order valence-corrected chi connectivity index (χ1v) is 6.60. The van der Waals surface area contributed by atoms with Crippen LogP contribution in [0, 0.1) is 6.92 Å². The minimum atomic E-state index is -0.901. The fraction of sp³-hybridized carbons (Fsp3) is 0.615. The molecule has 0 unspecified atom stereocenters. The predicted molar refractivity (Wildman–Crippen MR) is 73.6 cm³/mol. The zero-order valence-electron chi connectivity index (χ0n) is 11.4. The molecule has 0 bridgehead atoms. The molecule has 1 aliphatic carbocycles. The monoisotopic (exact) mass is 264 g/mol. The van der Waals surface area contributed by atoms with Crippen molar-refractivity contribution < 1.29 is 9.90 Å². The third-order valence-electron chi connectivity index (χ3n) is 3.48. The molecule has 2 N–H and O–H groups in total. The van der Waals surface area contributed by atoms with Gasteiger partial charge in [-0.15, -0.1) is 0 Å². The molecule has 0 aliphatic heterocycles. The van der Waals surface area contributed by atoms with Crippen LogP contribution < -0.4 is 10.2 Å². The Labute approximate surface area is 112 Å². The summed E-state index contributed by atoms with van der Waals surface area (Å²) in [5, 5.41) is 11.5. The molecule has 2 rings (SSSR count). The van der Waals surface area contributed by atoms with E-state index in [-0.39, 0.29) is 6.54 Å². The lowest BCUT2D eigenvalue weighted by Crippen LogP contribution is -2.30. The van der Waals surface area contributed by atoms with E-state index in [1.165, 1.54) is 25.7 Å². The Kier molecular flexibility index (Phi) is 4.19. The first kappa shape index (κ1) is 13.6. The molecule has 6 heteroatoms. The van der Waals surface area contributed by atoms with Crippen molar-refractivity contribution >= 4 is 17.6 Å². The smallest absolute Gasteiger partial charge is 0.322 e. The summed E-state index contributed by atoms with van der Waals surface area (Å²) in [5.41, 5.74) is 0.